The predicted molar refractivity (Wildman–Crippen MR) is 224 cm³/mol. The van der Waals surface area contributed by atoms with Gasteiger partial charge in [-0.15, -0.1) is 0 Å². The highest BCUT2D eigenvalue weighted by Gasteiger charge is 2.23. The Morgan fingerprint density at radius 2 is 1.07 bits per heavy atom. The van der Waals surface area contributed by atoms with Crippen molar-refractivity contribution in [3.63, 3.8) is 0 Å². The number of nitrogens with zero attached hydrogens (tertiary/aromatic N) is 4. The van der Waals surface area contributed by atoms with Crippen LogP contribution in [0, 0.1) is 11.3 Å². The summed E-state index contributed by atoms with van der Waals surface area (Å²) in [5.41, 5.74) is 11.1. The number of fused-ring (bicyclic) bond motifs is 9. The van der Waals surface area contributed by atoms with E-state index in [-0.39, 0.29) is 0 Å². The molecule has 0 saturated heterocycles. The minimum absolute atomic E-state index is 0.624. The Kier molecular flexibility index (Phi) is 6.58. The molecule has 3 aromatic heterocycles. The van der Waals surface area contributed by atoms with Gasteiger partial charge >= 0.3 is 0 Å². The Bertz CT molecular complexity index is 3330. The van der Waals surface area contributed by atoms with Gasteiger partial charge < -0.3 is 4.57 Å². The highest BCUT2D eigenvalue weighted by atomic mass is 15.1. The van der Waals surface area contributed by atoms with Crippen LogP contribution in [0.25, 0.3) is 99.0 Å². The van der Waals surface area contributed by atoms with E-state index in [0.717, 1.165) is 66.5 Å². The average Bonchev–Trinajstić information content (AvgIpc) is 3.76. The van der Waals surface area contributed by atoms with Gasteiger partial charge in [-0.05, 0) is 76.0 Å². The zero-order chi connectivity index (χ0) is 35.8. The molecule has 0 bridgehead atoms. The fourth-order valence-electron chi connectivity index (χ4n) is 8.56. The van der Waals surface area contributed by atoms with E-state index in [0.29, 0.717) is 5.56 Å². The molecule has 0 fully saturated rings. The largest absolute Gasteiger partial charge is 0.309 e. The minimum atomic E-state index is 0.624. The van der Waals surface area contributed by atoms with E-state index in [2.05, 4.69) is 155 Å². The topological polar surface area (TPSA) is 46.5 Å². The van der Waals surface area contributed by atoms with Crippen LogP contribution in [0.3, 0.4) is 0 Å². The van der Waals surface area contributed by atoms with Gasteiger partial charge in [-0.3, -0.25) is 4.57 Å². The van der Waals surface area contributed by atoms with Gasteiger partial charge in [-0.25, -0.2) is 4.98 Å². The van der Waals surface area contributed by atoms with Crippen molar-refractivity contribution in [2.24, 2.45) is 0 Å². The van der Waals surface area contributed by atoms with E-state index in [9.17, 15) is 5.26 Å². The second-order valence-electron chi connectivity index (χ2n) is 13.8. The lowest BCUT2D eigenvalue weighted by Gasteiger charge is -2.16. The van der Waals surface area contributed by atoms with E-state index < -0.39 is 0 Å². The lowest BCUT2D eigenvalue weighted by Crippen LogP contribution is -2.04. The summed E-state index contributed by atoms with van der Waals surface area (Å²) in [7, 11) is 0. The third-order valence-corrected chi connectivity index (χ3v) is 10.9. The monoisotopic (exact) mass is 686 g/mol. The second kappa shape index (κ2) is 11.8. The van der Waals surface area contributed by atoms with Crippen molar-refractivity contribution in [2.75, 3.05) is 0 Å². The summed E-state index contributed by atoms with van der Waals surface area (Å²) in [6, 6.07) is 66.6. The molecular formula is C50H30N4. The number of hydrogen-bond donors (Lipinski definition) is 0. The molecule has 4 nitrogen and oxygen atoms in total. The Morgan fingerprint density at radius 3 is 1.91 bits per heavy atom. The van der Waals surface area contributed by atoms with Gasteiger partial charge in [-0.2, -0.15) is 5.26 Å². The predicted octanol–water partition coefficient (Wildman–Crippen LogP) is 12.8. The SMILES string of the molecule is N#Cc1c(-c2ccccc2)c(-n2c3ccccc3c3cc(-c4ccc5c6c7ccccc7ccc6n(-c6ccccc6)c5c4)ccc32)nc2ccccc12. The standard InChI is InChI=1S/C50H30N4/c51-31-42-38-19-9-11-21-43(38)52-50(48(42)33-14-3-1-4-15-33)54-44-22-12-10-20-39(44)41-29-34(25-27-45(41)54)35-23-26-40-47(30-35)53(36-16-5-2-6-17-36)46-28-24-32-13-7-8-18-37(32)49(40)46/h1-30H. The lowest BCUT2D eigenvalue weighted by molar-refractivity contribution is 1.10. The minimum Gasteiger partial charge on any atom is -0.309 e. The van der Waals surface area contributed by atoms with Crippen molar-refractivity contribution in [1.29, 1.82) is 5.26 Å². The molecule has 0 saturated carbocycles. The van der Waals surface area contributed by atoms with Crippen molar-refractivity contribution in [1.82, 2.24) is 14.1 Å². The zero-order valence-electron chi connectivity index (χ0n) is 29.1. The summed E-state index contributed by atoms with van der Waals surface area (Å²) >= 11 is 0. The second-order valence-corrected chi connectivity index (χ2v) is 13.8. The van der Waals surface area contributed by atoms with Gasteiger partial charge in [0.15, 0.2) is 0 Å². The number of rotatable bonds is 4. The summed E-state index contributed by atoms with van der Waals surface area (Å²) in [4.78, 5) is 5.31. The van der Waals surface area contributed by atoms with E-state index in [1.807, 2.05) is 42.5 Å². The lowest BCUT2D eigenvalue weighted by atomic mass is 9.97. The van der Waals surface area contributed by atoms with Gasteiger partial charge in [-0.1, -0.05) is 133 Å². The third-order valence-electron chi connectivity index (χ3n) is 10.9. The molecule has 8 aromatic carbocycles. The highest BCUT2D eigenvalue weighted by molar-refractivity contribution is 6.22. The van der Waals surface area contributed by atoms with Gasteiger partial charge in [0.25, 0.3) is 0 Å². The van der Waals surface area contributed by atoms with E-state index in [1.54, 1.807) is 0 Å². The molecule has 250 valence electrons. The van der Waals surface area contributed by atoms with Crippen LogP contribution in [0.15, 0.2) is 182 Å². The van der Waals surface area contributed by atoms with E-state index >= 15 is 0 Å². The Morgan fingerprint density at radius 1 is 0.426 bits per heavy atom. The van der Waals surface area contributed by atoms with Gasteiger partial charge in [0.1, 0.15) is 11.9 Å². The first-order valence-electron chi connectivity index (χ1n) is 18.2. The number of benzene rings is 8. The Labute approximate surface area is 311 Å². The van der Waals surface area contributed by atoms with Crippen LogP contribution in [-0.4, -0.2) is 14.1 Å². The molecule has 54 heavy (non-hydrogen) atoms. The van der Waals surface area contributed by atoms with Crippen LogP contribution in [0.5, 0.6) is 0 Å². The number of pyridine rings is 1. The van der Waals surface area contributed by atoms with Gasteiger partial charge in [0.2, 0.25) is 0 Å². The number of aromatic nitrogens is 3. The molecule has 4 heteroatoms. The third kappa shape index (κ3) is 4.39. The van der Waals surface area contributed by atoms with Crippen LogP contribution in [-0.2, 0) is 0 Å². The first kappa shape index (κ1) is 30.2. The molecule has 0 aliphatic carbocycles. The molecule has 0 aliphatic rings. The molecule has 3 heterocycles. The van der Waals surface area contributed by atoms with Crippen molar-refractivity contribution in [3.8, 4) is 39.8 Å². The summed E-state index contributed by atoms with van der Waals surface area (Å²) < 4.78 is 4.64. The summed E-state index contributed by atoms with van der Waals surface area (Å²) in [6.07, 6.45) is 0. The first-order valence-corrected chi connectivity index (χ1v) is 18.2. The van der Waals surface area contributed by atoms with Crippen LogP contribution in [0.2, 0.25) is 0 Å². The summed E-state index contributed by atoms with van der Waals surface area (Å²) in [6.45, 7) is 0. The van der Waals surface area contributed by atoms with E-state index in [4.69, 9.17) is 4.98 Å². The van der Waals surface area contributed by atoms with Crippen LogP contribution < -0.4 is 0 Å². The quantitative estimate of drug-likeness (QED) is 0.185. The summed E-state index contributed by atoms with van der Waals surface area (Å²) in [5.74, 6) is 0.747. The molecular weight excluding hydrogens is 657 g/mol. The van der Waals surface area contributed by atoms with Crippen LogP contribution >= 0.6 is 0 Å². The fraction of sp³-hybridized carbons (Fsp3) is 0. The molecule has 0 N–H and O–H groups in total. The van der Waals surface area contributed by atoms with Gasteiger partial charge in [0.05, 0.1) is 33.1 Å². The number of nitriles is 1. The first-order chi connectivity index (χ1) is 26.8. The molecule has 11 aromatic rings. The molecule has 0 aliphatic heterocycles. The van der Waals surface area contributed by atoms with Crippen molar-refractivity contribution >= 4 is 65.3 Å². The average molecular weight is 687 g/mol. The molecule has 0 atom stereocenters. The Balaban J connectivity index is 1.18. The van der Waals surface area contributed by atoms with Crippen molar-refractivity contribution < 1.29 is 0 Å². The maximum absolute atomic E-state index is 10.7. The molecule has 11 rings (SSSR count). The maximum Gasteiger partial charge on any atom is 0.147 e. The molecule has 0 unspecified atom stereocenters. The van der Waals surface area contributed by atoms with Crippen molar-refractivity contribution in [3.05, 3.63) is 188 Å². The smallest absolute Gasteiger partial charge is 0.147 e. The maximum atomic E-state index is 10.7. The number of para-hydroxylation sites is 3. The fourth-order valence-corrected chi connectivity index (χ4v) is 8.56. The van der Waals surface area contributed by atoms with Crippen LogP contribution in [0.4, 0.5) is 0 Å². The molecule has 0 amide bonds. The Hall–Kier alpha value is -7.48. The summed E-state index contributed by atoms with van der Waals surface area (Å²) in [5, 5.41) is 18.8. The molecule has 0 spiro atoms. The van der Waals surface area contributed by atoms with E-state index in [1.165, 1.54) is 32.6 Å². The normalized spacial score (nSPS) is 11.7. The van der Waals surface area contributed by atoms with Gasteiger partial charge in [0, 0.05) is 38.2 Å². The highest BCUT2D eigenvalue weighted by Crippen LogP contribution is 2.42. The van der Waals surface area contributed by atoms with Crippen molar-refractivity contribution in [2.45, 2.75) is 0 Å². The zero-order valence-corrected chi connectivity index (χ0v) is 29.1. The number of hydrogen-bond acceptors (Lipinski definition) is 2. The molecule has 0 radical (unpaired) electrons. The van der Waals surface area contributed by atoms with Crippen LogP contribution in [0.1, 0.15) is 5.56 Å².